The number of aromatic amines is 1. The maximum atomic E-state index is 9.17. The van der Waals surface area contributed by atoms with Crippen LogP contribution in [0.2, 0.25) is 0 Å². The lowest BCUT2D eigenvalue weighted by molar-refractivity contribution is 0.475. The van der Waals surface area contributed by atoms with Gasteiger partial charge in [0, 0.05) is 0 Å². The third kappa shape index (κ3) is 2.34. The summed E-state index contributed by atoms with van der Waals surface area (Å²) in [4.78, 5) is 0. The Hall–Kier alpha value is -1.84. The summed E-state index contributed by atoms with van der Waals surface area (Å²) >= 11 is 0. The van der Waals surface area contributed by atoms with E-state index in [4.69, 9.17) is 5.11 Å². The van der Waals surface area contributed by atoms with Crippen LogP contribution in [0.1, 0.15) is 24.1 Å². The van der Waals surface area contributed by atoms with Crippen molar-refractivity contribution in [3.63, 3.8) is 0 Å². The Labute approximate surface area is 88.0 Å². The molecule has 2 N–H and O–H groups in total. The molecule has 0 aliphatic rings. The van der Waals surface area contributed by atoms with Crippen LogP contribution in [0.5, 0.6) is 5.75 Å². The Bertz CT molecular complexity index is 408. The van der Waals surface area contributed by atoms with Gasteiger partial charge in [0.25, 0.3) is 0 Å². The minimum atomic E-state index is 0.299. The maximum absolute atomic E-state index is 9.17. The average Bonchev–Trinajstić information content (AvgIpc) is 2.71. The van der Waals surface area contributed by atoms with Crippen molar-refractivity contribution in [1.29, 1.82) is 0 Å². The van der Waals surface area contributed by atoms with Crippen molar-refractivity contribution in [3.8, 4) is 5.75 Å². The predicted octanol–water partition coefficient (Wildman–Crippen LogP) is 1.86. The molecule has 2 rings (SSSR count). The second-order valence-corrected chi connectivity index (χ2v) is 3.66. The number of phenolic OH excluding ortho intramolecular Hbond substituents is 1. The minimum absolute atomic E-state index is 0.299. The number of nitrogens with zero attached hydrogens (tertiary/aromatic N) is 2. The lowest BCUT2D eigenvalue weighted by Gasteiger charge is -2.09. The van der Waals surface area contributed by atoms with Crippen LogP contribution in [-0.2, 0) is 6.42 Å². The van der Waals surface area contributed by atoms with E-state index in [1.165, 1.54) is 5.56 Å². The van der Waals surface area contributed by atoms with Crippen LogP contribution in [0.3, 0.4) is 0 Å². The van der Waals surface area contributed by atoms with Gasteiger partial charge in [-0.15, -0.1) is 0 Å². The van der Waals surface area contributed by atoms with Crippen LogP contribution in [0, 0.1) is 0 Å². The van der Waals surface area contributed by atoms with Crippen molar-refractivity contribution in [2.24, 2.45) is 0 Å². The zero-order chi connectivity index (χ0) is 10.7. The third-order valence-corrected chi connectivity index (χ3v) is 2.44. The highest BCUT2D eigenvalue weighted by Gasteiger charge is 2.08. The smallest absolute Gasteiger partial charge is 0.115 e. The van der Waals surface area contributed by atoms with E-state index in [1.807, 2.05) is 12.1 Å². The van der Waals surface area contributed by atoms with Gasteiger partial charge in [-0.1, -0.05) is 19.1 Å². The van der Waals surface area contributed by atoms with Crippen molar-refractivity contribution in [2.75, 3.05) is 0 Å². The fraction of sp³-hybridized carbons (Fsp3) is 0.273. The van der Waals surface area contributed by atoms with Crippen LogP contribution in [-0.4, -0.2) is 20.5 Å². The van der Waals surface area contributed by atoms with Crippen LogP contribution >= 0.6 is 0 Å². The van der Waals surface area contributed by atoms with E-state index in [0.717, 1.165) is 12.1 Å². The molecule has 0 saturated carbocycles. The number of aromatic nitrogens is 3. The molecule has 0 saturated heterocycles. The quantitative estimate of drug-likeness (QED) is 0.800. The Morgan fingerprint density at radius 1 is 1.33 bits per heavy atom. The molecule has 0 bridgehead atoms. The largest absolute Gasteiger partial charge is 0.508 e. The molecule has 0 amide bonds. The summed E-state index contributed by atoms with van der Waals surface area (Å²) in [7, 11) is 0. The molecule has 0 spiro atoms. The first kappa shape index (κ1) is 9.71. The van der Waals surface area contributed by atoms with Gasteiger partial charge in [-0.05, 0) is 30.0 Å². The molecule has 0 fully saturated rings. The van der Waals surface area contributed by atoms with Crippen LogP contribution in [0.25, 0.3) is 0 Å². The van der Waals surface area contributed by atoms with Gasteiger partial charge in [0.1, 0.15) is 5.75 Å². The Morgan fingerprint density at radius 2 is 2.07 bits per heavy atom. The second-order valence-electron chi connectivity index (χ2n) is 3.66. The lowest BCUT2D eigenvalue weighted by Crippen LogP contribution is -1.98. The van der Waals surface area contributed by atoms with E-state index in [-0.39, 0.29) is 0 Å². The zero-order valence-corrected chi connectivity index (χ0v) is 8.51. The van der Waals surface area contributed by atoms with Gasteiger partial charge in [-0.2, -0.15) is 15.4 Å². The van der Waals surface area contributed by atoms with Gasteiger partial charge in [0.05, 0.1) is 11.9 Å². The molecule has 2 aromatic rings. The number of hydrogen-bond acceptors (Lipinski definition) is 3. The molecule has 0 aliphatic heterocycles. The summed E-state index contributed by atoms with van der Waals surface area (Å²) in [5.41, 5.74) is 2.14. The third-order valence-electron chi connectivity index (χ3n) is 2.44. The summed E-state index contributed by atoms with van der Waals surface area (Å²) in [5.74, 6) is 0.670. The fourth-order valence-corrected chi connectivity index (χ4v) is 1.56. The Kier molecular flexibility index (Phi) is 2.67. The fourth-order valence-electron chi connectivity index (χ4n) is 1.56. The highest BCUT2D eigenvalue weighted by Crippen LogP contribution is 2.21. The summed E-state index contributed by atoms with van der Waals surface area (Å²) in [6.45, 7) is 2.13. The van der Waals surface area contributed by atoms with Gasteiger partial charge in [0.15, 0.2) is 0 Å². The Morgan fingerprint density at radius 3 is 2.67 bits per heavy atom. The van der Waals surface area contributed by atoms with E-state index < -0.39 is 0 Å². The molecule has 1 atom stereocenters. The molecule has 0 aliphatic carbocycles. The van der Waals surface area contributed by atoms with Crippen molar-refractivity contribution in [3.05, 3.63) is 41.7 Å². The topological polar surface area (TPSA) is 61.8 Å². The average molecular weight is 203 g/mol. The number of phenols is 1. The van der Waals surface area contributed by atoms with Gasteiger partial charge in [-0.3, -0.25) is 0 Å². The monoisotopic (exact) mass is 203 g/mol. The standard InChI is InChI=1S/C11H13N3O/c1-8(6-10-7-12-14-13-10)9-2-4-11(15)5-3-9/h2-5,7-8,15H,6H2,1H3,(H,12,13,14). The number of hydrogen-bond donors (Lipinski definition) is 2. The van der Waals surface area contributed by atoms with Crippen molar-refractivity contribution >= 4 is 0 Å². The molecule has 1 heterocycles. The number of benzene rings is 1. The number of rotatable bonds is 3. The second kappa shape index (κ2) is 4.13. The van der Waals surface area contributed by atoms with E-state index in [0.29, 0.717) is 11.7 Å². The van der Waals surface area contributed by atoms with E-state index >= 15 is 0 Å². The maximum Gasteiger partial charge on any atom is 0.115 e. The molecule has 4 nitrogen and oxygen atoms in total. The highest BCUT2D eigenvalue weighted by atomic mass is 16.3. The molecular formula is C11H13N3O. The summed E-state index contributed by atoms with van der Waals surface area (Å²) < 4.78 is 0. The molecule has 0 radical (unpaired) electrons. The molecular weight excluding hydrogens is 190 g/mol. The summed E-state index contributed by atoms with van der Waals surface area (Å²) in [6, 6.07) is 7.27. The Balaban J connectivity index is 2.08. The van der Waals surface area contributed by atoms with E-state index in [1.54, 1.807) is 18.3 Å². The molecule has 78 valence electrons. The number of aromatic hydroxyl groups is 1. The van der Waals surface area contributed by atoms with Gasteiger partial charge in [0.2, 0.25) is 0 Å². The first-order valence-electron chi connectivity index (χ1n) is 4.89. The van der Waals surface area contributed by atoms with Gasteiger partial charge >= 0.3 is 0 Å². The lowest BCUT2D eigenvalue weighted by atomic mass is 9.96. The number of H-pyrrole nitrogens is 1. The molecule has 1 unspecified atom stereocenters. The van der Waals surface area contributed by atoms with Crippen LogP contribution in [0.4, 0.5) is 0 Å². The minimum Gasteiger partial charge on any atom is -0.508 e. The SMILES string of the molecule is CC(Cc1cn[nH]n1)c1ccc(O)cc1. The molecule has 1 aromatic heterocycles. The van der Waals surface area contributed by atoms with Crippen molar-refractivity contribution in [2.45, 2.75) is 19.3 Å². The van der Waals surface area contributed by atoms with E-state index in [2.05, 4.69) is 22.3 Å². The normalized spacial score (nSPS) is 12.6. The molecule has 15 heavy (non-hydrogen) atoms. The summed E-state index contributed by atoms with van der Waals surface area (Å²) in [6.07, 6.45) is 2.58. The van der Waals surface area contributed by atoms with Gasteiger partial charge < -0.3 is 5.11 Å². The van der Waals surface area contributed by atoms with Gasteiger partial charge in [-0.25, -0.2) is 0 Å². The zero-order valence-electron chi connectivity index (χ0n) is 8.51. The summed E-state index contributed by atoms with van der Waals surface area (Å²) in [5, 5.41) is 19.5. The van der Waals surface area contributed by atoms with Crippen LogP contribution in [0.15, 0.2) is 30.5 Å². The molecule has 4 heteroatoms. The van der Waals surface area contributed by atoms with Crippen molar-refractivity contribution in [1.82, 2.24) is 15.4 Å². The van der Waals surface area contributed by atoms with E-state index in [9.17, 15) is 0 Å². The first-order chi connectivity index (χ1) is 7.25. The first-order valence-corrected chi connectivity index (χ1v) is 4.89. The highest BCUT2D eigenvalue weighted by molar-refractivity contribution is 5.28. The number of nitrogens with one attached hydrogen (secondary N) is 1. The van der Waals surface area contributed by atoms with Crippen LogP contribution < -0.4 is 0 Å². The van der Waals surface area contributed by atoms with Crippen molar-refractivity contribution < 1.29 is 5.11 Å². The predicted molar refractivity (Wildman–Crippen MR) is 56.6 cm³/mol. The molecule has 1 aromatic carbocycles.